The third-order valence-electron chi connectivity index (χ3n) is 5.56. The molecule has 2 aromatic carbocycles. The van der Waals surface area contributed by atoms with E-state index in [0.717, 1.165) is 17.7 Å². The van der Waals surface area contributed by atoms with Crippen LogP contribution >= 0.6 is 11.6 Å². The molecule has 6 nitrogen and oxygen atoms in total. The molecule has 8 heteroatoms. The average molecular weight is 435 g/mol. The number of sulfonamides is 1. The summed E-state index contributed by atoms with van der Waals surface area (Å²) in [6.07, 6.45) is 0.856. The Labute approximate surface area is 176 Å². The SMILES string of the molecule is CC1CCN(C(=O)c2ccc(Cl)c(S(=O)(=O)N3CCOCC3)c2)c2ccccc21. The van der Waals surface area contributed by atoms with Crippen LogP contribution in [0.25, 0.3) is 0 Å². The molecule has 0 bridgehead atoms. The Morgan fingerprint density at radius 2 is 1.83 bits per heavy atom. The zero-order chi connectivity index (χ0) is 20.6. The first kappa shape index (κ1) is 20.3. The topological polar surface area (TPSA) is 66.9 Å². The van der Waals surface area contributed by atoms with E-state index in [4.69, 9.17) is 16.3 Å². The molecule has 2 aliphatic rings. The number of morpholine rings is 1. The first-order chi connectivity index (χ1) is 13.9. The van der Waals surface area contributed by atoms with Crippen LogP contribution in [0.1, 0.15) is 35.2 Å². The minimum atomic E-state index is -3.80. The number of para-hydroxylation sites is 1. The molecule has 2 aromatic rings. The van der Waals surface area contributed by atoms with Crippen molar-refractivity contribution in [3.63, 3.8) is 0 Å². The Kier molecular flexibility index (Phi) is 5.66. The molecule has 154 valence electrons. The quantitative estimate of drug-likeness (QED) is 0.741. The van der Waals surface area contributed by atoms with E-state index in [1.165, 1.54) is 16.4 Å². The third-order valence-corrected chi connectivity index (χ3v) is 7.94. The van der Waals surface area contributed by atoms with Crippen molar-refractivity contribution >= 4 is 33.2 Å². The summed E-state index contributed by atoms with van der Waals surface area (Å²) in [5.74, 6) is 0.150. The maximum atomic E-state index is 13.3. The van der Waals surface area contributed by atoms with E-state index >= 15 is 0 Å². The molecule has 0 spiro atoms. The molecule has 1 saturated heterocycles. The summed E-state index contributed by atoms with van der Waals surface area (Å²) in [4.78, 5) is 15.0. The van der Waals surface area contributed by atoms with E-state index < -0.39 is 10.0 Å². The third kappa shape index (κ3) is 3.80. The first-order valence-electron chi connectivity index (χ1n) is 9.68. The normalized spacial score (nSPS) is 20.3. The van der Waals surface area contributed by atoms with E-state index in [0.29, 0.717) is 31.2 Å². The van der Waals surface area contributed by atoms with Gasteiger partial charge in [-0.05, 0) is 42.2 Å². The Bertz CT molecular complexity index is 1030. The van der Waals surface area contributed by atoms with Crippen LogP contribution in [0.4, 0.5) is 5.69 Å². The van der Waals surface area contributed by atoms with E-state index in [2.05, 4.69) is 6.92 Å². The highest BCUT2D eigenvalue weighted by atomic mass is 35.5. The number of ether oxygens (including phenoxy) is 1. The number of carbonyl (C=O) groups excluding carboxylic acids is 1. The zero-order valence-corrected chi connectivity index (χ0v) is 17.7. The molecule has 29 heavy (non-hydrogen) atoms. The molecular weight excluding hydrogens is 412 g/mol. The predicted molar refractivity (Wildman–Crippen MR) is 112 cm³/mol. The molecule has 0 aliphatic carbocycles. The second kappa shape index (κ2) is 8.07. The Balaban J connectivity index is 1.69. The van der Waals surface area contributed by atoms with Crippen molar-refractivity contribution in [2.75, 3.05) is 37.7 Å². The molecule has 1 unspecified atom stereocenters. The summed E-state index contributed by atoms with van der Waals surface area (Å²) in [6.45, 7) is 3.97. The van der Waals surface area contributed by atoms with Crippen LogP contribution in [-0.2, 0) is 14.8 Å². The van der Waals surface area contributed by atoms with Crippen LogP contribution in [0.2, 0.25) is 5.02 Å². The molecule has 0 saturated carbocycles. The van der Waals surface area contributed by atoms with E-state index in [-0.39, 0.29) is 28.9 Å². The number of rotatable bonds is 3. The molecule has 2 aliphatic heterocycles. The monoisotopic (exact) mass is 434 g/mol. The fraction of sp³-hybridized carbons (Fsp3) is 0.381. The number of hydrogen-bond acceptors (Lipinski definition) is 4. The van der Waals surface area contributed by atoms with E-state index in [1.807, 2.05) is 24.3 Å². The fourth-order valence-corrected chi connectivity index (χ4v) is 5.78. The number of benzene rings is 2. The van der Waals surface area contributed by atoms with Gasteiger partial charge in [0, 0.05) is 30.9 Å². The number of nitrogens with zero attached hydrogens (tertiary/aromatic N) is 2. The molecule has 0 N–H and O–H groups in total. The van der Waals surface area contributed by atoms with Gasteiger partial charge in [-0.1, -0.05) is 36.7 Å². The maximum Gasteiger partial charge on any atom is 0.258 e. The van der Waals surface area contributed by atoms with Crippen LogP contribution in [0.15, 0.2) is 47.4 Å². The summed E-state index contributed by atoms with van der Waals surface area (Å²) in [7, 11) is -3.80. The smallest absolute Gasteiger partial charge is 0.258 e. The molecule has 1 amide bonds. The lowest BCUT2D eigenvalue weighted by atomic mass is 9.91. The van der Waals surface area contributed by atoms with Crippen LogP contribution in [0.3, 0.4) is 0 Å². The molecule has 0 aromatic heterocycles. The molecule has 1 fully saturated rings. The highest BCUT2D eigenvalue weighted by Crippen LogP contribution is 2.36. The van der Waals surface area contributed by atoms with Crippen LogP contribution in [0, 0.1) is 0 Å². The Morgan fingerprint density at radius 3 is 2.59 bits per heavy atom. The molecule has 2 heterocycles. The van der Waals surface area contributed by atoms with Gasteiger partial charge in [-0.15, -0.1) is 0 Å². The van der Waals surface area contributed by atoms with Gasteiger partial charge in [-0.2, -0.15) is 4.31 Å². The van der Waals surface area contributed by atoms with E-state index in [1.54, 1.807) is 11.0 Å². The van der Waals surface area contributed by atoms with Gasteiger partial charge in [0.25, 0.3) is 5.91 Å². The van der Waals surface area contributed by atoms with E-state index in [9.17, 15) is 13.2 Å². The summed E-state index contributed by atoms with van der Waals surface area (Å²) >= 11 is 6.23. The van der Waals surface area contributed by atoms with Crippen molar-refractivity contribution in [1.29, 1.82) is 0 Å². The van der Waals surface area contributed by atoms with Crippen molar-refractivity contribution in [1.82, 2.24) is 4.31 Å². The summed E-state index contributed by atoms with van der Waals surface area (Å²) < 4.78 is 32.7. The first-order valence-corrected chi connectivity index (χ1v) is 11.5. The van der Waals surface area contributed by atoms with Crippen molar-refractivity contribution in [3.05, 3.63) is 58.6 Å². The highest BCUT2D eigenvalue weighted by molar-refractivity contribution is 7.89. The van der Waals surface area contributed by atoms with Gasteiger partial charge < -0.3 is 9.64 Å². The summed E-state index contributed by atoms with van der Waals surface area (Å²) in [6, 6.07) is 12.3. The minimum absolute atomic E-state index is 0.0365. The average Bonchev–Trinajstić information content (AvgIpc) is 2.74. The van der Waals surface area contributed by atoms with Crippen molar-refractivity contribution < 1.29 is 17.9 Å². The lowest BCUT2D eigenvalue weighted by Gasteiger charge is -2.33. The second-order valence-electron chi connectivity index (χ2n) is 7.37. The fourth-order valence-electron chi connectivity index (χ4n) is 3.88. The van der Waals surface area contributed by atoms with Gasteiger partial charge in [0.1, 0.15) is 4.90 Å². The van der Waals surface area contributed by atoms with Crippen molar-refractivity contribution in [2.24, 2.45) is 0 Å². The molecule has 1 atom stereocenters. The maximum absolute atomic E-state index is 13.3. The number of carbonyl (C=O) groups is 1. The molecule has 4 rings (SSSR count). The summed E-state index contributed by atoms with van der Waals surface area (Å²) in [5.41, 5.74) is 2.32. The van der Waals surface area contributed by atoms with Crippen LogP contribution in [0.5, 0.6) is 0 Å². The van der Waals surface area contributed by atoms with Crippen LogP contribution < -0.4 is 4.90 Å². The number of anilines is 1. The second-order valence-corrected chi connectivity index (χ2v) is 9.68. The standard InChI is InChI=1S/C21H23ClN2O4S/c1-15-8-9-24(19-5-3-2-4-17(15)19)21(25)16-6-7-18(22)20(14-16)29(26,27)23-10-12-28-13-11-23/h2-7,14-15H,8-13H2,1H3. The molecule has 0 radical (unpaired) electrons. The number of fused-ring (bicyclic) bond motifs is 1. The van der Waals surface area contributed by atoms with Gasteiger partial charge in [-0.3, -0.25) is 4.79 Å². The Hall–Kier alpha value is -1.93. The van der Waals surface area contributed by atoms with Crippen LogP contribution in [-0.4, -0.2) is 51.5 Å². The minimum Gasteiger partial charge on any atom is -0.379 e. The van der Waals surface area contributed by atoms with Crippen molar-refractivity contribution in [2.45, 2.75) is 24.2 Å². The van der Waals surface area contributed by atoms with Gasteiger partial charge >= 0.3 is 0 Å². The van der Waals surface area contributed by atoms with Gasteiger partial charge in [0.05, 0.1) is 18.2 Å². The van der Waals surface area contributed by atoms with Gasteiger partial charge in [-0.25, -0.2) is 8.42 Å². The predicted octanol–water partition coefficient (Wildman–Crippen LogP) is 3.51. The number of amides is 1. The summed E-state index contributed by atoms with van der Waals surface area (Å²) in [5, 5.41) is 0.112. The Morgan fingerprint density at radius 1 is 1.10 bits per heavy atom. The lowest BCUT2D eigenvalue weighted by molar-refractivity contribution is 0.0730. The zero-order valence-electron chi connectivity index (χ0n) is 16.2. The number of halogens is 1. The molecular formula is C21H23ClN2O4S. The largest absolute Gasteiger partial charge is 0.379 e. The number of hydrogen-bond donors (Lipinski definition) is 0. The van der Waals surface area contributed by atoms with Gasteiger partial charge in [0.15, 0.2) is 0 Å². The van der Waals surface area contributed by atoms with Crippen molar-refractivity contribution in [3.8, 4) is 0 Å². The van der Waals surface area contributed by atoms with Gasteiger partial charge in [0.2, 0.25) is 10.0 Å². The lowest BCUT2D eigenvalue weighted by Crippen LogP contribution is -2.41. The highest BCUT2D eigenvalue weighted by Gasteiger charge is 2.31.